The summed E-state index contributed by atoms with van der Waals surface area (Å²) in [6.07, 6.45) is 3.25. The smallest absolute Gasteiger partial charge is 0.326 e. The Balaban J connectivity index is 2.59. The van der Waals surface area contributed by atoms with Crippen LogP contribution in [0.4, 0.5) is 5.69 Å². The second-order valence-electron chi connectivity index (χ2n) is 8.76. The van der Waals surface area contributed by atoms with Crippen molar-refractivity contribution in [1.82, 2.24) is 0 Å². The van der Waals surface area contributed by atoms with Gasteiger partial charge in [0.25, 0.3) is 0 Å². The maximum atomic E-state index is 11.9. The summed E-state index contributed by atoms with van der Waals surface area (Å²) in [6.45, 7) is 11.2. The zero-order valence-corrected chi connectivity index (χ0v) is 16.2. The van der Waals surface area contributed by atoms with Gasteiger partial charge in [0.05, 0.1) is 22.2 Å². The third kappa shape index (κ3) is 3.90. The van der Waals surface area contributed by atoms with E-state index in [0.29, 0.717) is 17.0 Å². The van der Waals surface area contributed by atoms with E-state index in [-0.39, 0.29) is 0 Å². The zero-order chi connectivity index (χ0) is 19.8. The van der Waals surface area contributed by atoms with Gasteiger partial charge in [0, 0.05) is 5.57 Å². The van der Waals surface area contributed by atoms with E-state index in [4.69, 9.17) is 0 Å². The van der Waals surface area contributed by atoms with Crippen LogP contribution in [-0.4, -0.2) is 15.8 Å². The number of aliphatic hydroxyl groups is 1. The zero-order valence-electron chi connectivity index (χ0n) is 16.2. The summed E-state index contributed by atoms with van der Waals surface area (Å²) in [4.78, 5) is 11.3. The number of rotatable bonds is 3. The standard InChI is InChI=1S/C20H27N3O3/c1-18(2,3)16-12-15(22-21-14-10-8-7-9-11-14)13-17(19(4,5)6)20(16,24)23(25)26/h7-13,16,24H,1-6H3. The molecule has 0 aliphatic heterocycles. The normalized spacial score (nSPS) is 24.3. The van der Waals surface area contributed by atoms with Crippen LogP contribution in [0.3, 0.4) is 0 Å². The number of hydrogen-bond donors (Lipinski definition) is 1. The van der Waals surface area contributed by atoms with Crippen molar-refractivity contribution in [3.8, 4) is 0 Å². The monoisotopic (exact) mass is 357 g/mol. The van der Waals surface area contributed by atoms with E-state index in [9.17, 15) is 15.2 Å². The third-order valence-corrected chi connectivity index (χ3v) is 4.52. The number of azo groups is 1. The van der Waals surface area contributed by atoms with E-state index in [1.54, 1.807) is 12.2 Å². The SMILES string of the molecule is CC(C)(C)C1=CC(N=Nc2ccccc2)=CC(C(C)(C)C)C1(O)[N+](=O)[O-]. The van der Waals surface area contributed by atoms with Crippen molar-refractivity contribution in [2.24, 2.45) is 27.0 Å². The Morgan fingerprint density at radius 2 is 1.65 bits per heavy atom. The van der Waals surface area contributed by atoms with Gasteiger partial charge in [0.1, 0.15) is 0 Å². The van der Waals surface area contributed by atoms with Gasteiger partial charge >= 0.3 is 5.72 Å². The first-order valence-electron chi connectivity index (χ1n) is 8.65. The van der Waals surface area contributed by atoms with Gasteiger partial charge in [0.2, 0.25) is 0 Å². The molecule has 0 saturated heterocycles. The minimum absolute atomic E-state index is 0.333. The lowest BCUT2D eigenvalue weighted by Crippen LogP contribution is -2.55. The lowest BCUT2D eigenvalue weighted by molar-refractivity contribution is -0.626. The molecule has 2 rings (SSSR count). The van der Waals surface area contributed by atoms with Gasteiger partial charge in [-0.1, -0.05) is 59.7 Å². The quantitative estimate of drug-likeness (QED) is 0.346. The van der Waals surface area contributed by atoms with Crippen molar-refractivity contribution in [3.05, 3.63) is 63.9 Å². The fraction of sp³-hybridized carbons (Fsp3) is 0.500. The molecular weight excluding hydrogens is 330 g/mol. The Morgan fingerprint density at radius 3 is 2.12 bits per heavy atom. The first-order valence-corrected chi connectivity index (χ1v) is 8.65. The molecule has 2 unspecified atom stereocenters. The van der Waals surface area contributed by atoms with E-state index in [1.807, 2.05) is 71.9 Å². The number of hydrogen-bond acceptors (Lipinski definition) is 5. The highest BCUT2D eigenvalue weighted by atomic mass is 16.7. The van der Waals surface area contributed by atoms with Crippen molar-refractivity contribution >= 4 is 5.69 Å². The molecule has 0 radical (unpaired) electrons. The highest BCUT2D eigenvalue weighted by Gasteiger charge is 2.59. The molecule has 0 amide bonds. The molecule has 2 atom stereocenters. The molecule has 0 heterocycles. The van der Waals surface area contributed by atoms with Gasteiger partial charge in [-0.25, -0.2) is 0 Å². The van der Waals surface area contributed by atoms with Gasteiger partial charge in [-0.3, -0.25) is 10.1 Å². The molecule has 1 N–H and O–H groups in total. The molecule has 1 aromatic rings. The Bertz CT molecular complexity index is 768. The highest BCUT2D eigenvalue weighted by Crippen LogP contribution is 2.49. The maximum absolute atomic E-state index is 11.9. The van der Waals surface area contributed by atoms with Crippen molar-refractivity contribution < 1.29 is 10.0 Å². The fourth-order valence-corrected chi connectivity index (χ4v) is 3.26. The molecule has 1 aliphatic carbocycles. The van der Waals surface area contributed by atoms with E-state index >= 15 is 0 Å². The number of allylic oxidation sites excluding steroid dienone is 1. The molecule has 0 saturated carbocycles. The number of nitro groups is 1. The lowest BCUT2D eigenvalue weighted by Gasteiger charge is -2.42. The summed E-state index contributed by atoms with van der Waals surface area (Å²) in [7, 11) is 0. The first kappa shape index (κ1) is 20.0. The molecule has 6 heteroatoms. The van der Waals surface area contributed by atoms with Gasteiger partial charge in [0.15, 0.2) is 0 Å². The molecule has 0 aromatic heterocycles. The maximum Gasteiger partial charge on any atom is 0.352 e. The van der Waals surface area contributed by atoms with E-state index < -0.39 is 27.4 Å². The van der Waals surface area contributed by atoms with Crippen LogP contribution in [0.5, 0.6) is 0 Å². The van der Waals surface area contributed by atoms with Crippen molar-refractivity contribution in [2.75, 3.05) is 0 Å². The van der Waals surface area contributed by atoms with Gasteiger partial charge < -0.3 is 5.11 Å². The Hall–Kier alpha value is -2.34. The van der Waals surface area contributed by atoms with Crippen LogP contribution in [0, 0.1) is 26.9 Å². The van der Waals surface area contributed by atoms with Crippen LogP contribution in [0.2, 0.25) is 0 Å². The van der Waals surface area contributed by atoms with Crippen molar-refractivity contribution in [2.45, 2.75) is 47.3 Å². The van der Waals surface area contributed by atoms with E-state index in [2.05, 4.69) is 10.2 Å². The topological polar surface area (TPSA) is 88.1 Å². The van der Waals surface area contributed by atoms with Crippen LogP contribution in [0.15, 0.2) is 64.0 Å². The van der Waals surface area contributed by atoms with E-state index in [0.717, 1.165) is 0 Å². The Morgan fingerprint density at radius 1 is 1.08 bits per heavy atom. The molecule has 1 aliphatic rings. The van der Waals surface area contributed by atoms with E-state index in [1.165, 1.54) is 0 Å². The largest absolute Gasteiger partial charge is 0.352 e. The predicted molar refractivity (Wildman–Crippen MR) is 101 cm³/mol. The third-order valence-electron chi connectivity index (χ3n) is 4.52. The van der Waals surface area contributed by atoms with Gasteiger partial charge in [-0.2, -0.15) is 10.2 Å². The van der Waals surface area contributed by atoms with Gasteiger partial charge in [-0.15, -0.1) is 0 Å². The number of nitrogens with zero attached hydrogens (tertiary/aromatic N) is 3. The predicted octanol–water partition coefficient (Wildman–Crippen LogP) is 5.27. The lowest BCUT2D eigenvalue weighted by atomic mass is 9.64. The van der Waals surface area contributed by atoms with Crippen LogP contribution in [0.1, 0.15) is 41.5 Å². The molecule has 0 fully saturated rings. The summed E-state index contributed by atoms with van der Waals surface area (Å²) in [6, 6.07) is 9.28. The van der Waals surface area contributed by atoms with Crippen molar-refractivity contribution in [1.29, 1.82) is 0 Å². The fourth-order valence-electron chi connectivity index (χ4n) is 3.26. The minimum atomic E-state index is -2.18. The summed E-state index contributed by atoms with van der Waals surface area (Å²) in [5.74, 6) is -0.742. The minimum Gasteiger partial charge on any atom is -0.326 e. The summed E-state index contributed by atoms with van der Waals surface area (Å²) >= 11 is 0. The summed E-state index contributed by atoms with van der Waals surface area (Å²) in [5, 5.41) is 31.6. The molecule has 0 spiro atoms. The van der Waals surface area contributed by atoms with Gasteiger partial charge in [-0.05, 0) is 35.1 Å². The Labute approximate surface area is 154 Å². The molecule has 0 bridgehead atoms. The summed E-state index contributed by atoms with van der Waals surface area (Å²) < 4.78 is 0. The first-order chi connectivity index (χ1) is 11.9. The average Bonchev–Trinajstić information content (AvgIpc) is 2.52. The molecular formula is C20H27N3O3. The van der Waals surface area contributed by atoms with Crippen LogP contribution < -0.4 is 0 Å². The van der Waals surface area contributed by atoms with Crippen LogP contribution in [-0.2, 0) is 0 Å². The molecule has 1 aromatic carbocycles. The second kappa shape index (κ2) is 6.76. The summed E-state index contributed by atoms with van der Waals surface area (Å²) in [5.41, 5.74) is -1.78. The van der Waals surface area contributed by atoms with Crippen molar-refractivity contribution in [3.63, 3.8) is 0 Å². The second-order valence-corrected chi connectivity index (χ2v) is 8.76. The number of benzene rings is 1. The average molecular weight is 357 g/mol. The molecule has 26 heavy (non-hydrogen) atoms. The molecule has 6 nitrogen and oxygen atoms in total. The van der Waals surface area contributed by atoms with Crippen LogP contribution in [0.25, 0.3) is 0 Å². The highest BCUT2D eigenvalue weighted by molar-refractivity contribution is 5.39. The van der Waals surface area contributed by atoms with Crippen LogP contribution >= 0.6 is 0 Å². The Kier molecular flexibility index (Phi) is 5.19. The molecule has 140 valence electrons.